The number of hydrogen-bond acceptors (Lipinski definition) is 4. The molecule has 17 heavy (non-hydrogen) atoms. The van der Waals surface area contributed by atoms with Gasteiger partial charge in [-0.1, -0.05) is 17.4 Å². The number of rotatable bonds is 2. The molecule has 3 N–H and O–H groups in total. The van der Waals surface area contributed by atoms with Gasteiger partial charge in [-0.2, -0.15) is 0 Å². The summed E-state index contributed by atoms with van der Waals surface area (Å²) >= 11 is 3.40. The van der Waals surface area contributed by atoms with Crippen molar-refractivity contribution in [2.75, 3.05) is 11.1 Å². The van der Waals surface area contributed by atoms with Crippen LogP contribution in [0.3, 0.4) is 0 Å². The summed E-state index contributed by atoms with van der Waals surface area (Å²) in [6, 6.07) is 7.61. The normalized spacial score (nSPS) is 10.2. The Labute approximate surface area is 116 Å². The van der Waals surface area contributed by atoms with Crippen molar-refractivity contribution in [2.45, 2.75) is 6.92 Å². The van der Waals surface area contributed by atoms with E-state index < -0.39 is 0 Å². The van der Waals surface area contributed by atoms with Crippen LogP contribution in [0.4, 0.5) is 10.8 Å². The maximum Gasteiger partial charge on any atom is 0.267 e. The van der Waals surface area contributed by atoms with Crippen LogP contribution in [-0.4, -0.2) is 10.9 Å². The molecule has 0 saturated carbocycles. The Balaban J connectivity index is 2.20. The van der Waals surface area contributed by atoms with E-state index in [1.807, 2.05) is 24.3 Å². The second-order valence-corrected chi connectivity index (χ2v) is 5.71. The molecule has 0 atom stereocenters. The van der Waals surface area contributed by atoms with E-state index in [0.717, 1.165) is 9.26 Å². The van der Waals surface area contributed by atoms with E-state index in [-0.39, 0.29) is 5.91 Å². The van der Waals surface area contributed by atoms with Crippen LogP contribution in [-0.2, 0) is 0 Å². The number of aromatic nitrogens is 1. The predicted molar refractivity (Wildman–Crippen MR) is 78.4 cm³/mol. The summed E-state index contributed by atoms with van der Waals surface area (Å²) in [6.07, 6.45) is 0. The molecule has 0 fully saturated rings. The molecule has 0 aliphatic rings. The highest BCUT2D eigenvalue weighted by molar-refractivity contribution is 14.1. The largest absolute Gasteiger partial charge is 0.375 e. The van der Waals surface area contributed by atoms with Gasteiger partial charge in [0, 0.05) is 9.26 Å². The lowest BCUT2D eigenvalue weighted by molar-refractivity contribution is 0.103. The summed E-state index contributed by atoms with van der Waals surface area (Å²) < 4.78 is 1.07. The first-order valence-corrected chi connectivity index (χ1v) is 6.75. The van der Waals surface area contributed by atoms with Gasteiger partial charge in [-0.3, -0.25) is 4.79 Å². The van der Waals surface area contributed by atoms with Crippen LogP contribution in [0.15, 0.2) is 24.3 Å². The molecule has 0 spiro atoms. The molecule has 1 amide bonds. The third kappa shape index (κ3) is 2.95. The Kier molecular flexibility index (Phi) is 3.63. The van der Waals surface area contributed by atoms with Gasteiger partial charge in [-0.05, 0) is 47.7 Å². The van der Waals surface area contributed by atoms with Crippen molar-refractivity contribution in [1.29, 1.82) is 0 Å². The summed E-state index contributed by atoms with van der Waals surface area (Å²) in [5.41, 5.74) is 7.00. The number of thiazole rings is 1. The Bertz CT molecular complexity index is 568. The third-order valence-electron chi connectivity index (χ3n) is 2.10. The smallest absolute Gasteiger partial charge is 0.267 e. The number of carbonyl (C=O) groups is 1. The number of nitrogens with zero attached hydrogens (tertiary/aromatic N) is 1. The van der Waals surface area contributed by atoms with Crippen molar-refractivity contribution >= 4 is 50.7 Å². The molecule has 1 aromatic carbocycles. The SMILES string of the molecule is Cc1nc(N)sc1C(=O)Nc1cccc(I)c1. The highest BCUT2D eigenvalue weighted by atomic mass is 127. The van der Waals surface area contributed by atoms with Crippen molar-refractivity contribution in [2.24, 2.45) is 0 Å². The summed E-state index contributed by atoms with van der Waals surface area (Å²) in [6.45, 7) is 1.77. The average Bonchev–Trinajstić information content (AvgIpc) is 2.58. The monoisotopic (exact) mass is 359 g/mol. The van der Waals surface area contributed by atoms with Crippen LogP contribution in [0, 0.1) is 10.5 Å². The average molecular weight is 359 g/mol. The van der Waals surface area contributed by atoms with Gasteiger partial charge in [0.25, 0.3) is 5.91 Å². The van der Waals surface area contributed by atoms with Gasteiger partial charge < -0.3 is 11.1 Å². The summed E-state index contributed by atoms with van der Waals surface area (Å²) in [5, 5.41) is 3.24. The van der Waals surface area contributed by atoms with E-state index in [2.05, 4.69) is 32.9 Å². The van der Waals surface area contributed by atoms with Gasteiger partial charge in [0.1, 0.15) is 4.88 Å². The van der Waals surface area contributed by atoms with Gasteiger partial charge in [0.2, 0.25) is 0 Å². The Morgan fingerprint density at radius 3 is 2.88 bits per heavy atom. The molecule has 0 aliphatic heterocycles. The molecule has 1 heterocycles. The van der Waals surface area contributed by atoms with Crippen molar-refractivity contribution in [1.82, 2.24) is 4.98 Å². The lowest BCUT2D eigenvalue weighted by atomic mass is 10.3. The van der Waals surface area contributed by atoms with Gasteiger partial charge in [-0.15, -0.1) is 0 Å². The molecule has 0 radical (unpaired) electrons. The maximum atomic E-state index is 12.0. The number of anilines is 2. The Morgan fingerprint density at radius 1 is 1.53 bits per heavy atom. The Morgan fingerprint density at radius 2 is 2.29 bits per heavy atom. The van der Waals surface area contributed by atoms with E-state index >= 15 is 0 Å². The molecule has 2 aromatic rings. The zero-order valence-corrected chi connectivity index (χ0v) is 12.0. The van der Waals surface area contributed by atoms with Crippen molar-refractivity contribution < 1.29 is 4.79 Å². The van der Waals surface area contributed by atoms with Gasteiger partial charge >= 0.3 is 0 Å². The number of nitrogen functional groups attached to an aromatic ring is 1. The van der Waals surface area contributed by atoms with Crippen LogP contribution < -0.4 is 11.1 Å². The highest BCUT2D eigenvalue weighted by Crippen LogP contribution is 2.21. The molecule has 0 bridgehead atoms. The number of nitrogens with two attached hydrogens (primary N) is 1. The van der Waals surface area contributed by atoms with Crippen LogP contribution in [0.25, 0.3) is 0 Å². The summed E-state index contributed by atoms with van der Waals surface area (Å²) in [5.74, 6) is -0.168. The van der Waals surface area contributed by atoms with Crippen molar-refractivity contribution in [3.8, 4) is 0 Å². The quantitative estimate of drug-likeness (QED) is 0.811. The number of carbonyl (C=O) groups excluding carboxylic acids is 1. The van der Waals surface area contributed by atoms with E-state index in [1.165, 1.54) is 11.3 Å². The number of aryl methyl sites for hydroxylation is 1. The van der Waals surface area contributed by atoms with E-state index in [9.17, 15) is 4.79 Å². The molecule has 0 unspecified atom stereocenters. The fourth-order valence-corrected chi connectivity index (χ4v) is 2.65. The molecule has 4 nitrogen and oxygen atoms in total. The molecular formula is C11H10IN3OS. The Hall–Kier alpha value is -1.15. The molecule has 88 valence electrons. The van der Waals surface area contributed by atoms with E-state index in [0.29, 0.717) is 15.7 Å². The lowest BCUT2D eigenvalue weighted by Gasteiger charge is -2.04. The number of amides is 1. The number of halogens is 1. The zero-order chi connectivity index (χ0) is 12.4. The van der Waals surface area contributed by atoms with E-state index in [4.69, 9.17) is 5.73 Å². The third-order valence-corrected chi connectivity index (χ3v) is 3.76. The van der Waals surface area contributed by atoms with Gasteiger partial charge in [-0.25, -0.2) is 4.98 Å². The highest BCUT2D eigenvalue weighted by Gasteiger charge is 2.14. The van der Waals surface area contributed by atoms with E-state index in [1.54, 1.807) is 6.92 Å². The minimum atomic E-state index is -0.168. The lowest BCUT2D eigenvalue weighted by Crippen LogP contribution is -2.11. The minimum absolute atomic E-state index is 0.168. The first kappa shape index (κ1) is 12.3. The second kappa shape index (κ2) is 5.01. The maximum absolute atomic E-state index is 12.0. The first-order chi connectivity index (χ1) is 8.06. The van der Waals surface area contributed by atoms with Gasteiger partial charge in [0.05, 0.1) is 5.69 Å². The molecular weight excluding hydrogens is 349 g/mol. The van der Waals surface area contributed by atoms with Crippen LogP contribution in [0.5, 0.6) is 0 Å². The molecule has 2 rings (SSSR count). The fraction of sp³-hybridized carbons (Fsp3) is 0.0909. The number of hydrogen-bond donors (Lipinski definition) is 2. The van der Waals surface area contributed by atoms with Crippen LogP contribution in [0.1, 0.15) is 15.4 Å². The molecule has 1 aromatic heterocycles. The summed E-state index contributed by atoms with van der Waals surface area (Å²) in [7, 11) is 0. The van der Waals surface area contributed by atoms with Crippen molar-refractivity contribution in [3.63, 3.8) is 0 Å². The number of nitrogens with one attached hydrogen (secondary N) is 1. The standard InChI is InChI=1S/C11H10IN3OS/c1-6-9(17-11(13)14-6)10(16)15-8-4-2-3-7(12)5-8/h2-5H,1H3,(H2,13,14)(H,15,16). The number of benzene rings is 1. The molecule has 6 heteroatoms. The minimum Gasteiger partial charge on any atom is -0.375 e. The van der Waals surface area contributed by atoms with Crippen molar-refractivity contribution in [3.05, 3.63) is 38.4 Å². The summed E-state index contributed by atoms with van der Waals surface area (Å²) in [4.78, 5) is 16.5. The zero-order valence-electron chi connectivity index (χ0n) is 9.03. The van der Waals surface area contributed by atoms with Crippen LogP contribution in [0.2, 0.25) is 0 Å². The van der Waals surface area contributed by atoms with Crippen LogP contribution >= 0.6 is 33.9 Å². The molecule has 0 aliphatic carbocycles. The fourth-order valence-electron chi connectivity index (χ4n) is 1.38. The predicted octanol–water partition coefficient (Wildman–Crippen LogP) is 2.89. The second-order valence-electron chi connectivity index (χ2n) is 3.43. The van der Waals surface area contributed by atoms with Gasteiger partial charge in [0.15, 0.2) is 5.13 Å². The first-order valence-electron chi connectivity index (χ1n) is 4.86. The topological polar surface area (TPSA) is 68.0 Å². The molecule has 0 saturated heterocycles.